The number of benzene rings is 1. The molecule has 1 aliphatic carbocycles. The zero-order valence-electron chi connectivity index (χ0n) is 21.9. The number of hydrogen-bond acceptors (Lipinski definition) is 2. The highest BCUT2D eigenvalue weighted by atomic mass is 32.1. The molecule has 0 aliphatic heterocycles. The summed E-state index contributed by atoms with van der Waals surface area (Å²) in [6.45, 7) is 12.2. The number of rotatable bonds is 11. The molecule has 3 rings (SSSR count). The van der Waals surface area contributed by atoms with Crippen LogP contribution in [0.2, 0.25) is 0 Å². The molecule has 2 aromatic rings. The molecule has 0 radical (unpaired) electrons. The maximum absolute atomic E-state index is 12.6. The van der Waals surface area contributed by atoms with Gasteiger partial charge in [-0.3, -0.25) is 4.79 Å². The topological polar surface area (TPSA) is 29.1 Å². The van der Waals surface area contributed by atoms with Gasteiger partial charge in [-0.1, -0.05) is 76.7 Å². The number of allylic oxidation sites excluding steroid dienone is 5. The van der Waals surface area contributed by atoms with E-state index in [4.69, 9.17) is 0 Å². The molecule has 0 unspecified atom stereocenters. The van der Waals surface area contributed by atoms with Gasteiger partial charge < -0.3 is 5.32 Å². The van der Waals surface area contributed by atoms with Crippen LogP contribution in [0.15, 0.2) is 53.1 Å². The van der Waals surface area contributed by atoms with E-state index in [-0.39, 0.29) is 11.3 Å². The quantitative estimate of drug-likeness (QED) is 0.253. The summed E-state index contributed by atoms with van der Waals surface area (Å²) in [5, 5.41) is 4.29. The molecule has 0 atom stereocenters. The Balaban J connectivity index is 1.61. The van der Waals surface area contributed by atoms with Crippen molar-refractivity contribution in [2.75, 3.05) is 6.54 Å². The van der Waals surface area contributed by atoms with E-state index in [2.05, 4.69) is 70.3 Å². The Morgan fingerprint density at radius 2 is 1.88 bits per heavy atom. The minimum Gasteiger partial charge on any atom is -0.352 e. The summed E-state index contributed by atoms with van der Waals surface area (Å²) in [5.74, 6) is 0.0406. The largest absolute Gasteiger partial charge is 0.352 e. The van der Waals surface area contributed by atoms with Gasteiger partial charge in [0, 0.05) is 21.7 Å². The molecule has 0 bridgehead atoms. The van der Waals surface area contributed by atoms with Gasteiger partial charge in [0.25, 0.3) is 5.91 Å². The summed E-state index contributed by atoms with van der Waals surface area (Å²) >= 11 is 1.76. The fraction of sp³-hybridized carbons (Fsp3) is 0.516. The fourth-order valence-electron chi connectivity index (χ4n) is 4.97. The standard InChI is InChI=1S/C31H43NOS/c1-6-7-8-9-10-11-19-32-30(33)26-16-15-25-21-27(34-29(25)22-26)20-23(2)14-17-28-24(3)13-12-18-31(28,4)5/h14-17,20-22H,6-13,18-19H2,1-5H3,(H,32,33)/b17-14+,23-20+. The van der Waals surface area contributed by atoms with Gasteiger partial charge in [-0.05, 0) is 85.8 Å². The van der Waals surface area contributed by atoms with Crippen LogP contribution in [0, 0.1) is 5.41 Å². The van der Waals surface area contributed by atoms with Gasteiger partial charge in [-0.25, -0.2) is 0 Å². The Kier molecular flexibility index (Phi) is 9.76. The zero-order valence-corrected chi connectivity index (χ0v) is 22.7. The summed E-state index contributed by atoms with van der Waals surface area (Å²) in [5.41, 5.74) is 5.31. The van der Waals surface area contributed by atoms with E-state index in [0.717, 1.165) is 18.5 Å². The van der Waals surface area contributed by atoms with Crippen LogP contribution < -0.4 is 5.32 Å². The smallest absolute Gasteiger partial charge is 0.251 e. The predicted octanol–water partition coefficient (Wildman–Crippen LogP) is 9.48. The van der Waals surface area contributed by atoms with Crippen LogP contribution in [0.25, 0.3) is 16.2 Å². The molecule has 0 saturated carbocycles. The lowest BCUT2D eigenvalue weighted by atomic mass is 9.72. The normalized spacial score (nSPS) is 16.6. The average molecular weight is 478 g/mol. The number of nitrogens with one attached hydrogen (secondary N) is 1. The van der Waals surface area contributed by atoms with Gasteiger partial charge in [-0.15, -0.1) is 11.3 Å². The monoisotopic (exact) mass is 477 g/mol. The van der Waals surface area contributed by atoms with Crippen molar-refractivity contribution in [1.29, 1.82) is 0 Å². The highest BCUT2D eigenvalue weighted by molar-refractivity contribution is 7.19. The van der Waals surface area contributed by atoms with Gasteiger partial charge in [0.2, 0.25) is 0 Å². The van der Waals surface area contributed by atoms with Crippen molar-refractivity contribution in [3.8, 4) is 0 Å². The molecule has 3 heteroatoms. The first-order valence-electron chi connectivity index (χ1n) is 13.2. The van der Waals surface area contributed by atoms with Crippen LogP contribution in [0.4, 0.5) is 0 Å². The first kappa shape index (κ1) is 26.5. The van der Waals surface area contributed by atoms with Crippen LogP contribution in [0.5, 0.6) is 0 Å². The zero-order chi connectivity index (χ0) is 24.6. The Bertz CT molecular complexity index is 1070. The molecule has 2 nitrogen and oxygen atoms in total. The highest BCUT2D eigenvalue weighted by Gasteiger charge is 2.26. The van der Waals surface area contributed by atoms with Gasteiger partial charge in [0.05, 0.1) is 0 Å². The summed E-state index contributed by atoms with van der Waals surface area (Å²) in [6, 6.07) is 8.29. The highest BCUT2D eigenvalue weighted by Crippen LogP contribution is 2.41. The Hall–Kier alpha value is -2.13. The second kappa shape index (κ2) is 12.5. The third kappa shape index (κ3) is 7.43. The van der Waals surface area contributed by atoms with Crippen molar-refractivity contribution in [3.05, 3.63) is 63.6 Å². The molecule has 184 valence electrons. The van der Waals surface area contributed by atoms with Crippen molar-refractivity contribution in [2.24, 2.45) is 5.41 Å². The number of unbranched alkanes of at least 4 members (excludes halogenated alkanes) is 5. The molecule has 0 fully saturated rings. The number of amides is 1. The molecule has 1 aromatic carbocycles. The lowest BCUT2D eigenvalue weighted by molar-refractivity contribution is 0.0953. The van der Waals surface area contributed by atoms with Crippen LogP contribution in [0.1, 0.15) is 108 Å². The van der Waals surface area contributed by atoms with E-state index >= 15 is 0 Å². The van der Waals surface area contributed by atoms with Gasteiger partial charge in [-0.2, -0.15) is 0 Å². The molecule has 1 heterocycles. The summed E-state index contributed by atoms with van der Waals surface area (Å²) in [4.78, 5) is 13.8. The second-order valence-corrected chi connectivity index (χ2v) is 11.7. The summed E-state index contributed by atoms with van der Waals surface area (Å²) in [6.07, 6.45) is 18.0. The van der Waals surface area contributed by atoms with Crippen molar-refractivity contribution < 1.29 is 4.79 Å². The Labute approximate surface area is 211 Å². The lowest BCUT2D eigenvalue weighted by Gasteiger charge is -2.32. The number of fused-ring (bicyclic) bond motifs is 1. The minimum atomic E-state index is 0.0406. The molecule has 1 amide bonds. The molecule has 0 saturated heterocycles. The number of carbonyl (C=O) groups excluding carboxylic acids is 1. The van der Waals surface area contributed by atoms with Gasteiger partial charge >= 0.3 is 0 Å². The van der Waals surface area contributed by atoms with Gasteiger partial charge in [0.15, 0.2) is 0 Å². The lowest BCUT2D eigenvalue weighted by Crippen LogP contribution is -2.24. The number of hydrogen-bond donors (Lipinski definition) is 1. The third-order valence-electron chi connectivity index (χ3n) is 7.04. The number of carbonyl (C=O) groups is 1. The van der Waals surface area contributed by atoms with Crippen LogP contribution >= 0.6 is 11.3 Å². The third-order valence-corrected chi connectivity index (χ3v) is 8.09. The van der Waals surface area contributed by atoms with Crippen LogP contribution in [-0.2, 0) is 0 Å². The second-order valence-electron chi connectivity index (χ2n) is 10.6. The first-order chi connectivity index (χ1) is 16.3. The maximum Gasteiger partial charge on any atom is 0.251 e. The molecule has 1 aliphatic rings. The fourth-order valence-corrected chi connectivity index (χ4v) is 6.09. The average Bonchev–Trinajstić information content (AvgIpc) is 3.18. The molecule has 34 heavy (non-hydrogen) atoms. The Morgan fingerprint density at radius 3 is 2.65 bits per heavy atom. The SMILES string of the molecule is CCCCCCCCNC(=O)c1ccc2cc(/C=C(C)/C=C/C3=C(C)CCCC3(C)C)sc2c1. The molecular weight excluding hydrogens is 434 g/mol. The summed E-state index contributed by atoms with van der Waals surface area (Å²) in [7, 11) is 0. The predicted molar refractivity (Wildman–Crippen MR) is 151 cm³/mol. The molecule has 1 N–H and O–H groups in total. The van der Waals surface area contributed by atoms with E-state index in [9.17, 15) is 4.79 Å². The van der Waals surface area contributed by atoms with E-state index in [1.54, 1.807) is 11.3 Å². The van der Waals surface area contributed by atoms with E-state index < -0.39 is 0 Å². The minimum absolute atomic E-state index is 0.0406. The first-order valence-corrected chi connectivity index (χ1v) is 14.0. The van der Waals surface area contributed by atoms with Crippen LogP contribution in [0.3, 0.4) is 0 Å². The van der Waals surface area contributed by atoms with Crippen molar-refractivity contribution >= 4 is 33.4 Å². The van der Waals surface area contributed by atoms with Crippen molar-refractivity contribution in [1.82, 2.24) is 5.32 Å². The van der Waals surface area contributed by atoms with E-state index in [1.165, 1.54) is 83.0 Å². The van der Waals surface area contributed by atoms with E-state index in [1.807, 2.05) is 12.1 Å². The maximum atomic E-state index is 12.6. The van der Waals surface area contributed by atoms with Crippen molar-refractivity contribution in [3.63, 3.8) is 0 Å². The Morgan fingerprint density at radius 1 is 1.12 bits per heavy atom. The molecular formula is C31H43NOS. The van der Waals surface area contributed by atoms with E-state index in [0.29, 0.717) is 0 Å². The van der Waals surface area contributed by atoms with Gasteiger partial charge in [0.1, 0.15) is 0 Å². The number of thiophene rings is 1. The summed E-state index contributed by atoms with van der Waals surface area (Å²) < 4.78 is 1.17. The molecule has 1 aromatic heterocycles. The van der Waals surface area contributed by atoms with Crippen LogP contribution in [-0.4, -0.2) is 12.5 Å². The van der Waals surface area contributed by atoms with Crippen molar-refractivity contribution in [2.45, 2.75) is 92.4 Å². The molecule has 0 spiro atoms.